The Hall–Kier alpha value is -3.93. The van der Waals surface area contributed by atoms with Gasteiger partial charge in [-0.3, -0.25) is 14.2 Å². The van der Waals surface area contributed by atoms with Crippen molar-refractivity contribution >= 4 is 28.9 Å². The van der Waals surface area contributed by atoms with Crippen molar-refractivity contribution in [2.45, 2.75) is 64.6 Å². The zero-order chi connectivity index (χ0) is 27.8. The topological polar surface area (TPSA) is 157 Å². The van der Waals surface area contributed by atoms with Crippen molar-refractivity contribution in [1.82, 2.24) is 29.7 Å². The molecule has 4 rings (SSSR count). The van der Waals surface area contributed by atoms with Gasteiger partial charge in [-0.25, -0.2) is 4.79 Å². The molecule has 1 aromatic carbocycles. The molecule has 0 spiro atoms. The van der Waals surface area contributed by atoms with Gasteiger partial charge >= 0.3 is 17.7 Å². The van der Waals surface area contributed by atoms with Crippen LogP contribution in [0.15, 0.2) is 29.1 Å². The lowest BCUT2D eigenvalue weighted by Crippen LogP contribution is -2.44. The van der Waals surface area contributed by atoms with Crippen LogP contribution in [0.25, 0.3) is 11.2 Å². The number of methoxy groups -OCH3 is 1. The van der Waals surface area contributed by atoms with Gasteiger partial charge in [-0.15, -0.1) is 0 Å². The third kappa shape index (κ3) is 7.14. The second-order valence-electron chi connectivity index (χ2n) is 9.71. The molecule has 1 unspecified atom stereocenters. The summed E-state index contributed by atoms with van der Waals surface area (Å²) in [5.74, 6) is -0.108. The Morgan fingerprint density at radius 2 is 1.95 bits per heavy atom. The molecule has 1 aliphatic rings. The predicted molar refractivity (Wildman–Crippen MR) is 146 cm³/mol. The van der Waals surface area contributed by atoms with Crippen LogP contribution in [0, 0.1) is 0 Å². The van der Waals surface area contributed by atoms with E-state index >= 15 is 0 Å². The SMILES string of the molecule is CCCCOc1nc(N)c2[nH]c(=O)n(CCCN(Cc3ccc(CC(=O)OC)cc3)C(=O)C3CCCN3)c2n1. The van der Waals surface area contributed by atoms with Crippen molar-refractivity contribution < 1.29 is 19.1 Å². The van der Waals surface area contributed by atoms with Gasteiger partial charge in [0.05, 0.1) is 26.2 Å². The van der Waals surface area contributed by atoms with Crippen LogP contribution < -0.4 is 21.5 Å². The molecule has 1 saturated heterocycles. The molecule has 1 fully saturated rings. The van der Waals surface area contributed by atoms with Gasteiger partial charge in [-0.05, 0) is 43.4 Å². The van der Waals surface area contributed by atoms with Crippen molar-refractivity contribution in [2.24, 2.45) is 0 Å². The molecule has 3 aromatic rings. The molecule has 12 nitrogen and oxygen atoms in total. The van der Waals surface area contributed by atoms with Crippen molar-refractivity contribution in [3.05, 3.63) is 45.9 Å². The second-order valence-corrected chi connectivity index (χ2v) is 9.71. The van der Waals surface area contributed by atoms with Crippen LogP contribution in [0.5, 0.6) is 6.01 Å². The van der Waals surface area contributed by atoms with E-state index in [0.29, 0.717) is 43.8 Å². The number of esters is 1. The van der Waals surface area contributed by atoms with Gasteiger partial charge in [-0.1, -0.05) is 37.6 Å². The molecular weight excluding hydrogens is 502 g/mol. The summed E-state index contributed by atoms with van der Waals surface area (Å²) in [5.41, 5.74) is 8.28. The van der Waals surface area contributed by atoms with Crippen molar-refractivity contribution in [1.29, 1.82) is 0 Å². The van der Waals surface area contributed by atoms with Gasteiger partial charge in [-0.2, -0.15) is 9.97 Å². The summed E-state index contributed by atoms with van der Waals surface area (Å²) in [6.07, 6.45) is 4.31. The minimum Gasteiger partial charge on any atom is -0.469 e. The summed E-state index contributed by atoms with van der Waals surface area (Å²) < 4.78 is 11.9. The van der Waals surface area contributed by atoms with Crippen LogP contribution in [0.1, 0.15) is 50.2 Å². The zero-order valence-electron chi connectivity index (χ0n) is 22.6. The minimum absolute atomic E-state index is 0.0376. The van der Waals surface area contributed by atoms with Gasteiger partial charge in [0.2, 0.25) is 5.91 Å². The summed E-state index contributed by atoms with van der Waals surface area (Å²) >= 11 is 0. The van der Waals surface area contributed by atoms with Crippen molar-refractivity contribution in [3.63, 3.8) is 0 Å². The van der Waals surface area contributed by atoms with Crippen LogP contribution in [-0.2, 0) is 33.8 Å². The number of hydrogen-bond acceptors (Lipinski definition) is 9. The highest BCUT2D eigenvalue weighted by atomic mass is 16.5. The van der Waals surface area contributed by atoms with E-state index in [-0.39, 0.29) is 41.9 Å². The maximum atomic E-state index is 13.4. The van der Waals surface area contributed by atoms with E-state index in [4.69, 9.17) is 15.2 Å². The molecular formula is C27H37N7O5. The monoisotopic (exact) mass is 539 g/mol. The average Bonchev–Trinajstić information content (AvgIpc) is 3.58. The number of hydrogen-bond donors (Lipinski definition) is 3. The predicted octanol–water partition coefficient (Wildman–Crippen LogP) is 1.77. The number of H-pyrrole nitrogens is 1. The van der Waals surface area contributed by atoms with E-state index in [2.05, 4.69) is 27.2 Å². The number of benzene rings is 1. The van der Waals surface area contributed by atoms with Gasteiger partial charge in [0.25, 0.3) is 0 Å². The number of nitrogens with two attached hydrogens (primary N) is 1. The number of rotatable bonds is 13. The second kappa shape index (κ2) is 13.2. The third-order valence-electron chi connectivity index (χ3n) is 6.81. The van der Waals surface area contributed by atoms with Crippen molar-refractivity contribution in [3.8, 4) is 6.01 Å². The molecule has 1 amide bonds. The Morgan fingerprint density at radius 3 is 2.64 bits per heavy atom. The zero-order valence-corrected chi connectivity index (χ0v) is 22.6. The number of aromatic nitrogens is 4. The Labute approximate surface area is 226 Å². The van der Waals surface area contributed by atoms with Crippen LogP contribution >= 0.6 is 0 Å². The highest BCUT2D eigenvalue weighted by molar-refractivity contribution is 5.82. The number of ether oxygens (including phenoxy) is 2. The number of anilines is 1. The number of unbranched alkanes of at least 4 members (excludes halogenated alkanes) is 1. The number of carbonyl (C=O) groups is 2. The van der Waals surface area contributed by atoms with E-state index in [9.17, 15) is 14.4 Å². The summed E-state index contributed by atoms with van der Waals surface area (Å²) in [7, 11) is 1.36. The summed E-state index contributed by atoms with van der Waals surface area (Å²) in [6.45, 7) is 4.54. The van der Waals surface area contributed by atoms with Gasteiger partial charge in [0.1, 0.15) is 5.52 Å². The third-order valence-corrected chi connectivity index (χ3v) is 6.81. The van der Waals surface area contributed by atoms with E-state index in [1.807, 2.05) is 29.2 Å². The Kier molecular flexibility index (Phi) is 9.53. The molecule has 3 heterocycles. The number of fused-ring (bicyclic) bond motifs is 1. The van der Waals surface area contributed by atoms with Gasteiger partial charge in [0, 0.05) is 19.6 Å². The number of imidazole rings is 1. The van der Waals surface area contributed by atoms with Crippen LogP contribution in [0.3, 0.4) is 0 Å². The first kappa shape index (κ1) is 28.1. The number of nitrogen functional groups attached to an aromatic ring is 1. The average molecular weight is 540 g/mol. The molecule has 210 valence electrons. The molecule has 12 heteroatoms. The largest absolute Gasteiger partial charge is 0.469 e. The number of aromatic amines is 1. The molecule has 39 heavy (non-hydrogen) atoms. The van der Waals surface area contributed by atoms with Crippen LogP contribution in [0.2, 0.25) is 0 Å². The molecule has 4 N–H and O–H groups in total. The smallest absolute Gasteiger partial charge is 0.327 e. The first-order valence-corrected chi connectivity index (χ1v) is 13.4. The first-order chi connectivity index (χ1) is 18.9. The van der Waals surface area contributed by atoms with E-state index in [0.717, 1.165) is 43.4 Å². The fraction of sp³-hybridized carbons (Fsp3) is 0.519. The normalized spacial score (nSPS) is 15.0. The molecule has 0 bridgehead atoms. The first-order valence-electron chi connectivity index (χ1n) is 13.4. The van der Waals surface area contributed by atoms with Gasteiger partial charge < -0.3 is 30.4 Å². The fourth-order valence-electron chi connectivity index (χ4n) is 4.63. The quantitative estimate of drug-likeness (QED) is 0.217. The molecule has 0 radical (unpaired) electrons. The van der Waals surface area contributed by atoms with E-state index in [1.54, 1.807) is 0 Å². The lowest BCUT2D eigenvalue weighted by Gasteiger charge is -2.26. The maximum Gasteiger partial charge on any atom is 0.327 e. The Morgan fingerprint density at radius 1 is 1.18 bits per heavy atom. The van der Waals surface area contributed by atoms with E-state index in [1.165, 1.54) is 11.7 Å². The molecule has 0 aliphatic carbocycles. The Balaban J connectivity index is 1.47. The Bertz CT molecular complexity index is 1330. The fourth-order valence-corrected chi connectivity index (χ4v) is 4.63. The highest BCUT2D eigenvalue weighted by Crippen LogP contribution is 2.19. The summed E-state index contributed by atoms with van der Waals surface area (Å²) in [5, 5.41) is 3.28. The molecule has 0 saturated carbocycles. The molecule has 2 aromatic heterocycles. The number of aryl methyl sites for hydroxylation is 1. The molecule has 1 aliphatic heterocycles. The highest BCUT2D eigenvalue weighted by Gasteiger charge is 2.27. The lowest BCUT2D eigenvalue weighted by atomic mass is 10.1. The number of nitrogens with one attached hydrogen (secondary N) is 2. The van der Waals surface area contributed by atoms with Crippen molar-refractivity contribution in [2.75, 3.05) is 32.5 Å². The summed E-state index contributed by atoms with van der Waals surface area (Å²) in [6, 6.07) is 7.52. The summed E-state index contributed by atoms with van der Waals surface area (Å²) in [4.78, 5) is 50.8. The van der Waals surface area contributed by atoms with E-state index < -0.39 is 0 Å². The number of nitrogens with zero attached hydrogens (tertiary/aromatic N) is 4. The number of carbonyl (C=O) groups excluding carboxylic acids is 2. The van der Waals surface area contributed by atoms with Crippen LogP contribution in [0.4, 0.5) is 5.82 Å². The lowest BCUT2D eigenvalue weighted by molar-refractivity contribution is -0.139. The molecule has 1 atom stereocenters. The van der Waals surface area contributed by atoms with Gasteiger partial charge in [0.15, 0.2) is 11.5 Å². The standard InChI is InChI=1S/C27H37N7O5/c1-3-4-15-39-26-31-23(28)22-24(32-26)34(27(37)30-22)14-6-13-33(25(36)20-7-5-12-29-20)17-19-10-8-18(9-11-19)16-21(35)38-2/h8-11,20,29H,3-7,12-17H2,1-2H3,(H,30,37)(H2,28,31,32). The minimum atomic E-state index is -0.340. The maximum absolute atomic E-state index is 13.4. The number of amides is 1. The van der Waals surface area contributed by atoms with Crippen LogP contribution in [-0.4, -0.2) is 69.1 Å².